The minimum absolute atomic E-state index is 0.725. The van der Waals surface area contributed by atoms with Crippen molar-refractivity contribution < 1.29 is 0 Å². The number of hydrogen-bond donors (Lipinski definition) is 0. The van der Waals surface area contributed by atoms with E-state index >= 15 is 0 Å². The molecule has 3 aromatic carbocycles. The van der Waals surface area contributed by atoms with Gasteiger partial charge in [-0.05, 0) is 79.4 Å². The zero-order valence-corrected chi connectivity index (χ0v) is 18.4. The lowest BCUT2D eigenvalue weighted by Crippen LogP contribution is -2.29. The SMILES string of the molecule is Cn1c(-c2ccc(Cl)cc2)nc2cc(N=Cc3ccc(N4CCCCC4)cc3)ccc21. The van der Waals surface area contributed by atoms with Crippen LogP contribution in [0.4, 0.5) is 11.4 Å². The molecule has 1 aliphatic rings. The molecule has 0 bridgehead atoms. The lowest BCUT2D eigenvalue weighted by atomic mass is 10.1. The summed E-state index contributed by atoms with van der Waals surface area (Å²) in [5, 5.41) is 0.725. The molecule has 4 nitrogen and oxygen atoms in total. The number of aromatic nitrogens is 2. The first-order valence-corrected chi connectivity index (χ1v) is 11.2. The van der Waals surface area contributed by atoms with Crippen molar-refractivity contribution in [1.29, 1.82) is 0 Å². The van der Waals surface area contributed by atoms with Crippen LogP contribution in [0, 0.1) is 0 Å². The number of halogens is 1. The predicted octanol–water partition coefficient (Wildman–Crippen LogP) is 6.63. The summed E-state index contributed by atoms with van der Waals surface area (Å²) in [5.41, 5.74) is 6.36. The molecule has 0 saturated carbocycles. The lowest BCUT2D eigenvalue weighted by Gasteiger charge is -2.28. The van der Waals surface area contributed by atoms with Gasteiger partial charge < -0.3 is 9.47 Å². The van der Waals surface area contributed by atoms with Gasteiger partial charge in [0.15, 0.2) is 0 Å². The quantitative estimate of drug-likeness (QED) is 0.341. The first kappa shape index (κ1) is 19.8. The number of aliphatic imine (C=N–C) groups is 1. The highest BCUT2D eigenvalue weighted by Crippen LogP contribution is 2.27. The number of hydrogen-bond acceptors (Lipinski definition) is 3. The van der Waals surface area contributed by atoms with Gasteiger partial charge in [-0.1, -0.05) is 23.7 Å². The van der Waals surface area contributed by atoms with Gasteiger partial charge in [0.2, 0.25) is 0 Å². The maximum atomic E-state index is 6.03. The zero-order valence-electron chi connectivity index (χ0n) is 17.6. The van der Waals surface area contributed by atoms with E-state index in [1.165, 1.54) is 24.9 Å². The van der Waals surface area contributed by atoms with Crippen molar-refractivity contribution in [2.45, 2.75) is 19.3 Å². The van der Waals surface area contributed by atoms with E-state index in [0.29, 0.717) is 0 Å². The van der Waals surface area contributed by atoms with Gasteiger partial charge in [-0.15, -0.1) is 0 Å². The highest BCUT2D eigenvalue weighted by Gasteiger charge is 2.11. The number of nitrogens with zero attached hydrogens (tertiary/aromatic N) is 4. The molecule has 31 heavy (non-hydrogen) atoms. The molecule has 1 aliphatic heterocycles. The zero-order chi connectivity index (χ0) is 21.2. The van der Waals surface area contributed by atoms with Crippen molar-refractivity contribution in [3.8, 4) is 11.4 Å². The molecular weight excluding hydrogens is 404 g/mol. The van der Waals surface area contributed by atoms with Crippen molar-refractivity contribution in [2.75, 3.05) is 18.0 Å². The topological polar surface area (TPSA) is 33.4 Å². The minimum atomic E-state index is 0.725. The van der Waals surface area contributed by atoms with Crippen molar-refractivity contribution in [3.05, 3.63) is 77.3 Å². The summed E-state index contributed by atoms with van der Waals surface area (Å²) in [6, 6.07) is 22.6. The monoisotopic (exact) mass is 428 g/mol. The average Bonchev–Trinajstić information content (AvgIpc) is 3.15. The smallest absolute Gasteiger partial charge is 0.140 e. The molecule has 0 N–H and O–H groups in total. The van der Waals surface area contributed by atoms with Gasteiger partial charge in [-0.3, -0.25) is 4.99 Å². The molecule has 2 heterocycles. The molecule has 0 aliphatic carbocycles. The van der Waals surface area contributed by atoms with E-state index < -0.39 is 0 Å². The van der Waals surface area contributed by atoms with Crippen LogP contribution < -0.4 is 4.90 Å². The van der Waals surface area contributed by atoms with Gasteiger partial charge in [-0.25, -0.2) is 4.98 Å². The summed E-state index contributed by atoms with van der Waals surface area (Å²) >= 11 is 6.03. The van der Waals surface area contributed by atoms with Crippen molar-refractivity contribution in [2.24, 2.45) is 12.0 Å². The van der Waals surface area contributed by atoms with E-state index in [0.717, 1.165) is 51.8 Å². The highest BCUT2D eigenvalue weighted by molar-refractivity contribution is 6.30. The molecular formula is C26H25ClN4. The summed E-state index contributed by atoms with van der Waals surface area (Å²) in [4.78, 5) is 12.0. The van der Waals surface area contributed by atoms with Crippen LogP contribution >= 0.6 is 11.6 Å². The number of anilines is 1. The Labute approximate surface area is 187 Å². The summed E-state index contributed by atoms with van der Waals surface area (Å²) in [6.07, 6.45) is 5.85. The first-order chi connectivity index (χ1) is 15.2. The Morgan fingerprint density at radius 2 is 1.65 bits per heavy atom. The highest BCUT2D eigenvalue weighted by atomic mass is 35.5. The van der Waals surface area contributed by atoms with Gasteiger partial charge in [-0.2, -0.15) is 0 Å². The molecule has 0 atom stereocenters. The number of benzene rings is 3. The molecule has 0 radical (unpaired) electrons. The average molecular weight is 429 g/mol. The first-order valence-electron chi connectivity index (χ1n) is 10.8. The summed E-state index contributed by atoms with van der Waals surface area (Å²) in [6.45, 7) is 2.32. The fourth-order valence-corrected chi connectivity index (χ4v) is 4.32. The molecule has 0 unspecified atom stereocenters. The van der Waals surface area contributed by atoms with Gasteiger partial charge >= 0.3 is 0 Å². The number of rotatable bonds is 4. The summed E-state index contributed by atoms with van der Waals surface area (Å²) in [5.74, 6) is 0.918. The van der Waals surface area contributed by atoms with E-state index in [9.17, 15) is 0 Å². The second-order valence-electron chi connectivity index (χ2n) is 8.07. The molecule has 4 aromatic rings. The predicted molar refractivity (Wildman–Crippen MR) is 131 cm³/mol. The fraction of sp³-hybridized carbons (Fsp3) is 0.231. The number of imidazole rings is 1. The molecule has 5 heteroatoms. The normalized spacial score (nSPS) is 14.6. The third-order valence-electron chi connectivity index (χ3n) is 5.94. The minimum Gasteiger partial charge on any atom is -0.372 e. The van der Waals surface area contributed by atoms with Crippen LogP contribution in [0.15, 0.2) is 71.7 Å². The Balaban J connectivity index is 1.36. The van der Waals surface area contributed by atoms with Crippen LogP contribution in [-0.2, 0) is 7.05 Å². The second-order valence-corrected chi connectivity index (χ2v) is 8.51. The Kier molecular flexibility index (Phi) is 5.47. The van der Waals surface area contributed by atoms with E-state index in [1.807, 2.05) is 49.7 Å². The van der Waals surface area contributed by atoms with E-state index in [4.69, 9.17) is 16.6 Å². The van der Waals surface area contributed by atoms with E-state index in [2.05, 4.69) is 44.8 Å². The van der Waals surface area contributed by atoms with Gasteiger partial charge in [0.25, 0.3) is 0 Å². The third-order valence-corrected chi connectivity index (χ3v) is 6.20. The van der Waals surface area contributed by atoms with Gasteiger partial charge in [0.05, 0.1) is 16.7 Å². The molecule has 1 saturated heterocycles. The summed E-state index contributed by atoms with van der Waals surface area (Å²) < 4.78 is 2.10. The third kappa shape index (κ3) is 4.21. The standard InChI is InChI=1S/C26H25ClN4/c1-30-25-14-11-22(17-24(25)29-26(30)20-7-9-21(27)10-8-20)28-18-19-5-12-23(13-6-19)31-15-3-2-4-16-31/h5-14,17-18H,2-4,15-16H2,1H3. The van der Waals surface area contributed by atoms with Crippen LogP contribution in [0.5, 0.6) is 0 Å². The largest absolute Gasteiger partial charge is 0.372 e. The number of piperidine rings is 1. The number of aryl methyl sites for hydroxylation is 1. The van der Waals surface area contributed by atoms with Crippen LogP contribution in [0.1, 0.15) is 24.8 Å². The lowest BCUT2D eigenvalue weighted by molar-refractivity contribution is 0.578. The van der Waals surface area contributed by atoms with Crippen LogP contribution in [-0.4, -0.2) is 28.9 Å². The maximum Gasteiger partial charge on any atom is 0.140 e. The van der Waals surface area contributed by atoms with Gasteiger partial charge in [0, 0.05) is 42.6 Å². The molecule has 0 spiro atoms. The van der Waals surface area contributed by atoms with Crippen molar-refractivity contribution in [1.82, 2.24) is 9.55 Å². The Morgan fingerprint density at radius 3 is 2.39 bits per heavy atom. The van der Waals surface area contributed by atoms with Crippen LogP contribution in [0.3, 0.4) is 0 Å². The molecule has 156 valence electrons. The second kappa shape index (κ2) is 8.56. The van der Waals surface area contributed by atoms with E-state index in [1.54, 1.807) is 0 Å². The Bertz CT molecular complexity index is 1220. The van der Waals surface area contributed by atoms with Crippen LogP contribution in [0.2, 0.25) is 5.02 Å². The molecule has 0 amide bonds. The van der Waals surface area contributed by atoms with E-state index in [-0.39, 0.29) is 0 Å². The van der Waals surface area contributed by atoms with Crippen LogP contribution in [0.25, 0.3) is 22.4 Å². The fourth-order valence-electron chi connectivity index (χ4n) is 4.20. The van der Waals surface area contributed by atoms with Gasteiger partial charge in [0.1, 0.15) is 5.82 Å². The molecule has 5 rings (SSSR count). The van der Waals surface area contributed by atoms with Crippen molar-refractivity contribution in [3.63, 3.8) is 0 Å². The molecule has 1 aromatic heterocycles. The Morgan fingerprint density at radius 1 is 0.903 bits per heavy atom. The molecule has 1 fully saturated rings. The Hall–Kier alpha value is -3.11. The maximum absolute atomic E-state index is 6.03. The van der Waals surface area contributed by atoms with Crippen molar-refractivity contribution >= 4 is 40.2 Å². The summed E-state index contributed by atoms with van der Waals surface area (Å²) in [7, 11) is 2.03. The number of fused-ring (bicyclic) bond motifs is 1.